The summed E-state index contributed by atoms with van der Waals surface area (Å²) >= 11 is 0. The number of ether oxygens (including phenoxy) is 1. The molecule has 0 spiro atoms. The molecule has 1 aromatic heterocycles. The van der Waals surface area contributed by atoms with Crippen molar-refractivity contribution >= 4 is 21.8 Å². The van der Waals surface area contributed by atoms with Gasteiger partial charge in [0.15, 0.2) is 5.78 Å². The zero-order valence-electron chi connectivity index (χ0n) is 20.3. The van der Waals surface area contributed by atoms with Gasteiger partial charge in [0.25, 0.3) is 0 Å². The highest BCUT2D eigenvalue weighted by Gasteiger charge is 2.36. The number of aromatic nitrogens is 1. The van der Waals surface area contributed by atoms with Crippen LogP contribution in [0.5, 0.6) is 0 Å². The Hall–Kier alpha value is -2.52. The molecule has 2 rings (SSSR count). The van der Waals surface area contributed by atoms with Gasteiger partial charge in [0.05, 0.1) is 17.5 Å². The van der Waals surface area contributed by atoms with Gasteiger partial charge >= 0.3 is 5.97 Å². The maximum atomic E-state index is 13.6. The first-order valence-electron chi connectivity index (χ1n) is 11.0. The zero-order valence-corrected chi connectivity index (χ0v) is 21.1. The SMILES string of the molecule is CCOC(=O)c1c(C)c(C(=O)C(C)N(CCC(C)C)S(=O)(=O)c2ccc(F)cc2)c(C)n1C. The Morgan fingerprint density at radius 3 is 2.21 bits per heavy atom. The number of hydrogen-bond donors (Lipinski definition) is 0. The molecule has 0 N–H and O–H groups in total. The van der Waals surface area contributed by atoms with Gasteiger partial charge in [-0.05, 0) is 69.9 Å². The number of halogens is 1. The van der Waals surface area contributed by atoms with Crippen LogP contribution in [0.15, 0.2) is 29.2 Å². The van der Waals surface area contributed by atoms with Crippen LogP contribution in [0, 0.1) is 25.6 Å². The highest BCUT2D eigenvalue weighted by Crippen LogP contribution is 2.27. The minimum atomic E-state index is -4.07. The van der Waals surface area contributed by atoms with Gasteiger partial charge in [0.2, 0.25) is 10.0 Å². The van der Waals surface area contributed by atoms with Gasteiger partial charge in [-0.15, -0.1) is 0 Å². The molecule has 0 radical (unpaired) electrons. The number of ketones is 1. The van der Waals surface area contributed by atoms with Crippen molar-refractivity contribution in [3.8, 4) is 0 Å². The molecule has 1 unspecified atom stereocenters. The molecule has 1 aromatic carbocycles. The fourth-order valence-corrected chi connectivity index (χ4v) is 5.43. The third-order valence-electron chi connectivity index (χ3n) is 5.80. The summed E-state index contributed by atoms with van der Waals surface area (Å²) in [6.07, 6.45) is 0.541. The molecule has 9 heteroatoms. The van der Waals surface area contributed by atoms with Crippen LogP contribution >= 0.6 is 0 Å². The largest absolute Gasteiger partial charge is 0.461 e. The summed E-state index contributed by atoms with van der Waals surface area (Å²) in [4.78, 5) is 26.0. The third kappa shape index (κ3) is 5.52. The van der Waals surface area contributed by atoms with Crippen LogP contribution in [0.4, 0.5) is 4.39 Å². The molecule has 0 aliphatic heterocycles. The molecule has 33 heavy (non-hydrogen) atoms. The van der Waals surface area contributed by atoms with Crippen LogP contribution in [-0.2, 0) is 21.8 Å². The fourth-order valence-electron chi connectivity index (χ4n) is 3.82. The van der Waals surface area contributed by atoms with E-state index in [1.807, 2.05) is 13.8 Å². The monoisotopic (exact) mass is 480 g/mol. The lowest BCUT2D eigenvalue weighted by Gasteiger charge is -2.28. The smallest absolute Gasteiger partial charge is 0.355 e. The van der Waals surface area contributed by atoms with E-state index in [2.05, 4.69) is 0 Å². The third-order valence-corrected chi connectivity index (χ3v) is 7.79. The van der Waals surface area contributed by atoms with Gasteiger partial charge in [0.1, 0.15) is 11.5 Å². The van der Waals surface area contributed by atoms with E-state index in [0.29, 0.717) is 23.2 Å². The van der Waals surface area contributed by atoms with E-state index in [4.69, 9.17) is 4.74 Å². The second-order valence-corrected chi connectivity index (χ2v) is 10.4. The first-order chi connectivity index (χ1) is 15.3. The lowest BCUT2D eigenvalue weighted by molar-refractivity contribution is 0.0514. The molecule has 1 heterocycles. The van der Waals surface area contributed by atoms with Crippen molar-refractivity contribution in [2.75, 3.05) is 13.2 Å². The van der Waals surface area contributed by atoms with E-state index in [1.165, 1.54) is 16.4 Å². The van der Waals surface area contributed by atoms with Crippen molar-refractivity contribution in [1.29, 1.82) is 0 Å². The van der Waals surface area contributed by atoms with E-state index in [1.54, 1.807) is 39.3 Å². The molecular formula is C24H33FN2O5S. The van der Waals surface area contributed by atoms with Crippen molar-refractivity contribution < 1.29 is 27.1 Å². The number of benzene rings is 1. The highest BCUT2D eigenvalue weighted by atomic mass is 32.2. The van der Waals surface area contributed by atoms with Crippen LogP contribution in [0.1, 0.15) is 66.2 Å². The van der Waals surface area contributed by atoms with E-state index in [-0.39, 0.29) is 29.7 Å². The molecule has 0 saturated carbocycles. The minimum absolute atomic E-state index is 0.0824. The van der Waals surface area contributed by atoms with E-state index >= 15 is 0 Å². The van der Waals surface area contributed by atoms with Crippen molar-refractivity contribution in [2.24, 2.45) is 13.0 Å². The van der Waals surface area contributed by atoms with Crippen molar-refractivity contribution in [3.63, 3.8) is 0 Å². The quantitative estimate of drug-likeness (QED) is 0.375. The van der Waals surface area contributed by atoms with Gasteiger partial charge in [0, 0.05) is 24.8 Å². The normalized spacial score (nSPS) is 12.9. The maximum absolute atomic E-state index is 13.6. The summed E-state index contributed by atoms with van der Waals surface area (Å²) < 4.78 is 48.2. The Labute approximate surface area is 195 Å². The predicted molar refractivity (Wildman–Crippen MR) is 124 cm³/mol. The standard InChI is InChI=1S/C24H33FN2O5S/c1-8-32-24(29)22-16(4)21(17(5)26(22)7)23(28)18(6)27(14-13-15(2)3)33(30,31)20-11-9-19(25)10-12-20/h9-12,15,18H,8,13-14H2,1-7H3. The average Bonchev–Trinajstić information content (AvgIpc) is 2.95. The number of hydrogen-bond acceptors (Lipinski definition) is 5. The lowest BCUT2D eigenvalue weighted by Crippen LogP contribution is -2.44. The minimum Gasteiger partial charge on any atom is -0.461 e. The first-order valence-corrected chi connectivity index (χ1v) is 12.4. The summed E-state index contributed by atoms with van der Waals surface area (Å²) in [6, 6.07) is 3.52. The summed E-state index contributed by atoms with van der Waals surface area (Å²) in [5.41, 5.74) is 1.57. The first kappa shape index (κ1) is 26.7. The summed E-state index contributed by atoms with van der Waals surface area (Å²) in [7, 11) is -2.40. The highest BCUT2D eigenvalue weighted by molar-refractivity contribution is 7.89. The Balaban J connectivity index is 2.54. The molecule has 0 aliphatic rings. The summed E-state index contributed by atoms with van der Waals surface area (Å²) in [6.45, 7) is 10.9. The van der Waals surface area contributed by atoms with Crippen LogP contribution in [-0.4, -0.2) is 48.2 Å². The molecule has 1 atom stereocenters. The van der Waals surface area contributed by atoms with Gasteiger partial charge in [-0.1, -0.05) is 13.8 Å². The fraction of sp³-hybridized carbons (Fsp3) is 0.500. The summed E-state index contributed by atoms with van der Waals surface area (Å²) in [5, 5.41) is 0. The van der Waals surface area contributed by atoms with E-state index in [9.17, 15) is 22.4 Å². The molecule has 0 amide bonds. The number of esters is 1. The second kappa shape index (κ2) is 10.6. The van der Waals surface area contributed by atoms with Crippen molar-refractivity contribution in [3.05, 3.63) is 52.6 Å². The number of rotatable bonds is 10. The zero-order chi connectivity index (χ0) is 25.1. The molecule has 7 nitrogen and oxygen atoms in total. The maximum Gasteiger partial charge on any atom is 0.355 e. The molecule has 0 aliphatic carbocycles. The second-order valence-electron chi connectivity index (χ2n) is 8.51. The number of nitrogens with zero attached hydrogens (tertiary/aromatic N) is 2. The van der Waals surface area contributed by atoms with Gasteiger partial charge in [-0.2, -0.15) is 4.31 Å². The van der Waals surface area contributed by atoms with E-state index in [0.717, 1.165) is 12.1 Å². The lowest BCUT2D eigenvalue weighted by atomic mass is 10.0. The van der Waals surface area contributed by atoms with Crippen LogP contribution in [0.3, 0.4) is 0 Å². The Morgan fingerprint density at radius 1 is 1.12 bits per heavy atom. The van der Waals surface area contributed by atoms with E-state index < -0.39 is 33.6 Å². The van der Waals surface area contributed by atoms with Gasteiger partial charge in [-0.25, -0.2) is 17.6 Å². The topological polar surface area (TPSA) is 85.7 Å². The van der Waals surface area contributed by atoms with Crippen LogP contribution < -0.4 is 0 Å². The van der Waals surface area contributed by atoms with Crippen molar-refractivity contribution in [2.45, 2.75) is 58.9 Å². The van der Waals surface area contributed by atoms with Gasteiger partial charge < -0.3 is 9.30 Å². The van der Waals surface area contributed by atoms with Crippen LogP contribution in [0.25, 0.3) is 0 Å². The predicted octanol–water partition coefficient (Wildman–Crippen LogP) is 4.27. The van der Waals surface area contributed by atoms with Crippen LogP contribution in [0.2, 0.25) is 0 Å². The molecule has 0 bridgehead atoms. The Morgan fingerprint density at radius 2 is 1.70 bits per heavy atom. The Kier molecular flexibility index (Phi) is 8.59. The number of carbonyl (C=O) groups excluding carboxylic acids is 2. The molecule has 0 saturated heterocycles. The van der Waals surface area contributed by atoms with Crippen molar-refractivity contribution in [1.82, 2.24) is 8.87 Å². The molecule has 0 fully saturated rings. The number of Topliss-reactive ketones (excluding diaryl/α,β-unsaturated/α-hetero) is 1. The number of sulfonamides is 1. The molecule has 2 aromatic rings. The van der Waals surface area contributed by atoms with Gasteiger partial charge in [-0.3, -0.25) is 4.79 Å². The number of carbonyl (C=O) groups is 2. The average molecular weight is 481 g/mol. The summed E-state index contributed by atoms with van der Waals surface area (Å²) in [5.74, 6) is -1.30. The molecular weight excluding hydrogens is 447 g/mol. The molecule has 182 valence electrons. The Bertz CT molecular complexity index is 1120.